The van der Waals surface area contributed by atoms with Crippen LogP contribution in [0.1, 0.15) is 17.3 Å². The Morgan fingerprint density at radius 1 is 1.35 bits per heavy atom. The van der Waals surface area contributed by atoms with E-state index in [2.05, 4.69) is 26.2 Å². The number of carbonyl (C=O) groups is 2. The summed E-state index contributed by atoms with van der Waals surface area (Å²) >= 11 is 9.36. The van der Waals surface area contributed by atoms with Crippen molar-refractivity contribution in [2.24, 2.45) is 10.9 Å². The molecule has 0 aromatic heterocycles. The minimum atomic E-state index is -0.430. The molecule has 1 atom stereocenters. The first-order valence-electron chi connectivity index (χ1n) is 6.91. The Hall–Kier alpha value is -1.98. The number of allylic oxidation sites excluding steroid dienone is 3. The maximum atomic E-state index is 12.3. The molecule has 1 unspecified atom stereocenters. The van der Waals surface area contributed by atoms with Gasteiger partial charge in [-0.25, -0.2) is 4.99 Å². The molecule has 0 bridgehead atoms. The number of hydrogen-bond acceptors (Lipinski definition) is 2. The third-order valence-corrected chi connectivity index (χ3v) is 4.43. The summed E-state index contributed by atoms with van der Waals surface area (Å²) in [5.74, 6) is -0.571. The topological polar surface area (TPSA) is 58.5 Å². The largest absolute Gasteiger partial charge is 0.325 e. The summed E-state index contributed by atoms with van der Waals surface area (Å²) < 4.78 is 0.753. The van der Waals surface area contributed by atoms with Gasteiger partial charge in [0.1, 0.15) is 0 Å². The van der Waals surface area contributed by atoms with Crippen molar-refractivity contribution in [3.8, 4) is 0 Å². The number of halogens is 2. The predicted molar refractivity (Wildman–Crippen MR) is 93.5 cm³/mol. The van der Waals surface area contributed by atoms with Gasteiger partial charge in [-0.1, -0.05) is 39.2 Å². The second-order valence-electron chi connectivity index (χ2n) is 5.28. The molecule has 2 aliphatic rings. The predicted octanol–water partition coefficient (Wildman–Crippen LogP) is 3.83. The van der Waals surface area contributed by atoms with Crippen molar-refractivity contribution < 1.29 is 9.59 Å². The van der Waals surface area contributed by atoms with E-state index in [0.29, 0.717) is 16.3 Å². The zero-order valence-corrected chi connectivity index (χ0v) is 14.5. The quantitative estimate of drug-likeness (QED) is 0.791. The van der Waals surface area contributed by atoms with E-state index in [4.69, 9.17) is 11.6 Å². The van der Waals surface area contributed by atoms with E-state index in [9.17, 15) is 9.59 Å². The molecule has 0 radical (unpaired) electrons. The molecule has 116 valence electrons. The van der Waals surface area contributed by atoms with Gasteiger partial charge >= 0.3 is 0 Å². The van der Waals surface area contributed by atoms with Crippen molar-refractivity contribution in [2.45, 2.75) is 6.92 Å². The van der Waals surface area contributed by atoms with Crippen LogP contribution < -0.4 is 5.32 Å². The summed E-state index contributed by atoms with van der Waals surface area (Å²) in [6, 6.07) is 5.03. The Labute approximate surface area is 146 Å². The van der Waals surface area contributed by atoms with Gasteiger partial charge in [0.25, 0.3) is 5.91 Å². The molecule has 0 spiro atoms. The first kappa shape index (κ1) is 15.9. The Morgan fingerprint density at radius 2 is 2.13 bits per heavy atom. The highest BCUT2D eigenvalue weighted by Gasteiger charge is 2.24. The molecule has 4 nitrogen and oxygen atoms in total. The van der Waals surface area contributed by atoms with Gasteiger partial charge in [-0.2, -0.15) is 0 Å². The van der Waals surface area contributed by atoms with Gasteiger partial charge in [0.05, 0.1) is 16.3 Å². The average Bonchev–Trinajstić information content (AvgIpc) is 2.49. The zero-order chi connectivity index (χ0) is 16.6. The fourth-order valence-electron chi connectivity index (χ4n) is 2.49. The lowest BCUT2D eigenvalue weighted by molar-refractivity contribution is -0.116. The van der Waals surface area contributed by atoms with E-state index in [1.807, 2.05) is 13.0 Å². The molecule has 23 heavy (non-hydrogen) atoms. The molecule has 1 N–H and O–H groups in total. The third-order valence-electron chi connectivity index (χ3n) is 3.60. The van der Waals surface area contributed by atoms with Gasteiger partial charge in [0, 0.05) is 22.2 Å². The molecule has 1 heterocycles. The lowest BCUT2D eigenvalue weighted by atomic mass is 9.89. The Balaban J connectivity index is 1.91. The number of benzene rings is 1. The molecule has 0 saturated carbocycles. The van der Waals surface area contributed by atoms with Crippen molar-refractivity contribution in [3.63, 3.8) is 0 Å². The molecular formula is C17H12BrClN2O2. The summed E-state index contributed by atoms with van der Waals surface area (Å²) in [5, 5.41) is 3.13. The number of nitrogens with zero attached hydrogens (tertiary/aromatic N) is 1. The van der Waals surface area contributed by atoms with Crippen LogP contribution in [0.15, 0.2) is 63.2 Å². The number of rotatable bonds is 1. The molecule has 1 aromatic carbocycles. The summed E-state index contributed by atoms with van der Waals surface area (Å²) in [6.45, 7) is 1.90. The van der Waals surface area contributed by atoms with Gasteiger partial charge in [0.2, 0.25) is 5.91 Å². The SMILES string of the molecule is CC1=CC(=O)NC2=CC(=NC(=O)c3cc(Br)ccc3Cl)C=CC12. The van der Waals surface area contributed by atoms with E-state index in [1.54, 1.807) is 36.4 Å². The standard InChI is InChI=1S/C17H12BrClN2O2/c1-9-6-16(22)21-15-8-11(3-4-12(9)15)20-17(23)13-7-10(18)2-5-14(13)19/h2-8,12H,1H3,(H,21,22). The van der Waals surface area contributed by atoms with Crippen LogP contribution in [-0.2, 0) is 4.79 Å². The minimum Gasteiger partial charge on any atom is -0.325 e. The van der Waals surface area contributed by atoms with E-state index in [-0.39, 0.29) is 11.8 Å². The molecule has 0 saturated heterocycles. The highest BCUT2D eigenvalue weighted by Crippen LogP contribution is 2.27. The fourth-order valence-corrected chi connectivity index (χ4v) is 3.05. The van der Waals surface area contributed by atoms with Crippen LogP contribution in [0.2, 0.25) is 5.02 Å². The summed E-state index contributed by atoms with van der Waals surface area (Å²) in [7, 11) is 0. The lowest BCUT2D eigenvalue weighted by Crippen LogP contribution is -2.32. The van der Waals surface area contributed by atoms with E-state index in [0.717, 1.165) is 15.7 Å². The molecule has 3 rings (SSSR count). The van der Waals surface area contributed by atoms with Crippen molar-refractivity contribution in [1.82, 2.24) is 5.32 Å². The van der Waals surface area contributed by atoms with Crippen LogP contribution in [0.25, 0.3) is 0 Å². The number of nitrogens with one attached hydrogen (secondary N) is 1. The molecule has 2 amide bonds. The number of fused-ring (bicyclic) bond motifs is 1. The molecule has 1 aliphatic heterocycles. The van der Waals surface area contributed by atoms with E-state index >= 15 is 0 Å². The van der Waals surface area contributed by atoms with Gasteiger partial charge in [0.15, 0.2) is 0 Å². The van der Waals surface area contributed by atoms with Gasteiger partial charge in [-0.15, -0.1) is 0 Å². The smallest absolute Gasteiger partial charge is 0.279 e. The first-order chi connectivity index (χ1) is 10.9. The van der Waals surface area contributed by atoms with Crippen LogP contribution >= 0.6 is 27.5 Å². The van der Waals surface area contributed by atoms with Gasteiger partial charge in [-0.05, 0) is 37.3 Å². The van der Waals surface area contributed by atoms with Crippen molar-refractivity contribution in [3.05, 3.63) is 68.8 Å². The summed E-state index contributed by atoms with van der Waals surface area (Å²) in [5.41, 5.74) is 2.49. The van der Waals surface area contributed by atoms with Crippen LogP contribution in [0.5, 0.6) is 0 Å². The number of amides is 2. The maximum absolute atomic E-state index is 12.3. The van der Waals surface area contributed by atoms with Gasteiger partial charge in [-0.3, -0.25) is 9.59 Å². The van der Waals surface area contributed by atoms with Crippen molar-refractivity contribution in [2.75, 3.05) is 0 Å². The monoisotopic (exact) mass is 390 g/mol. The Morgan fingerprint density at radius 3 is 2.91 bits per heavy atom. The van der Waals surface area contributed by atoms with Crippen LogP contribution in [0, 0.1) is 5.92 Å². The highest BCUT2D eigenvalue weighted by atomic mass is 79.9. The van der Waals surface area contributed by atoms with E-state index < -0.39 is 5.91 Å². The molecular weight excluding hydrogens is 380 g/mol. The number of aliphatic imine (C=N–C) groups is 1. The summed E-state index contributed by atoms with van der Waals surface area (Å²) in [4.78, 5) is 28.0. The van der Waals surface area contributed by atoms with Crippen LogP contribution in [0.4, 0.5) is 0 Å². The summed E-state index contributed by atoms with van der Waals surface area (Å²) in [6.07, 6.45) is 6.96. The van der Waals surface area contributed by atoms with Crippen LogP contribution in [-0.4, -0.2) is 17.5 Å². The molecule has 1 aliphatic carbocycles. The third kappa shape index (κ3) is 3.35. The average molecular weight is 392 g/mol. The Bertz CT molecular complexity index is 837. The fraction of sp³-hybridized carbons (Fsp3) is 0.118. The Kier molecular flexibility index (Phi) is 4.33. The molecule has 6 heteroatoms. The van der Waals surface area contributed by atoms with Gasteiger partial charge < -0.3 is 5.32 Å². The number of carbonyl (C=O) groups excluding carboxylic acids is 2. The van der Waals surface area contributed by atoms with Crippen molar-refractivity contribution >= 4 is 45.1 Å². The van der Waals surface area contributed by atoms with Crippen molar-refractivity contribution in [1.29, 1.82) is 0 Å². The minimum absolute atomic E-state index is 0.0243. The zero-order valence-electron chi connectivity index (χ0n) is 12.1. The second kappa shape index (κ2) is 6.26. The maximum Gasteiger partial charge on any atom is 0.279 e. The van der Waals surface area contributed by atoms with E-state index in [1.165, 1.54) is 0 Å². The second-order valence-corrected chi connectivity index (χ2v) is 6.60. The van der Waals surface area contributed by atoms with Crippen LogP contribution in [0.3, 0.4) is 0 Å². The lowest BCUT2D eigenvalue weighted by Gasteiger charge is -2.25. The number of hydrogen-bond donors (Lipinski definition) is 1. The first-order valence-corrected chi connectivity index (χ1v) is 8.08. The normalized spacial score (nSPS) is 21.4. The highest BCUT2D eigenvalue weighted by molar-refractivity contribution is 9.10. The molecule has 0 fully saturated rings. The molecule has 1 aromatic rings.